The number of unbranched alkanes of at least 4 members (excludes halogenated alkanes) is 5. The standard InChI is InChI=1S/C40H46F2N2O3/c1-3-5-8-11-29-12-14-30(15-13-29)32-20-21-36(38(42)25-32)33-18-16-31(35(24-33)27-43)17-19-34-28-44-39(26-37(34)41)46-22-9-6-7-10-23-47-40(45)4-2/h4,16,18,20-21,24-30,43H,2-3,5-15,22-23H2,1H3. The number of rotatable bonds is 16. The van der Waals surface area contributed by atoms with Gasteiger partial charge in [0.25, 0.3) is 0 Å². The minimum Gasteiger partial charge on any atom is -0.478 e. The second-order valence-corrected chi connectivity index (χ2v) is 12.3. The summed E-state index contributed by atoms with van der Waals surface area (Å²) in [6.07, 6.45) is 16.8. The highest BCUT2D eigenvalue weighted by Gasteiger charge is 2.23. The van der Waals surface area contributed by atoms with Gasteiger partial charge in [-0.3, -0.25) is 0 Å². The average molecular weight is 641 g/mol. The number of hydrogen-bond acceptors (Lipinski definition) is 5. The van der Waals surface area contributed by atoms with Crippen molar-refractivity contribution in [1.82, 2.24) is 4.98 Å². The molecule has 1 heterocycles. The molecule has 0 bridgehead atoms. The van der Waals surface area contributed by atoms with Crippen molar-refractivity contribution in [2.75, 3.05) is 13.2 Å². The van der Waals surface area contributed by atoms with E-state index in [9.17, 15) is 9.18 Å². The van der Waals surface area contributed by atoms with Gasteiger partial charge in [0.15, 0.2) is 0 Å². The Bertz CT molecular complexity index is 1570. The van der Waals surface area contributed by atoms with E-state index in [-0.39, 0.29) is 17.3 Å². The maximum absolute atomic E-state index is 15.4. The Labute approximate surface area is 278 Å². The summed E-state index contributed by atoms with van der Waals surface area (Å²) in [7, 11) is 0. The molecule has 1 N–H and O–H groups in total. The van der Waals surface area contributed by atoms with Crippen molar-refractivity contribution in [3.05, 3.63) is 95.2 Å². The van der Waals surface area contributed by atoms with Crippen LogP contribution in [0.4, 0.5) is 8.78 Å². The van der Waals surface area contributed by atoms with Crippen LogP contribution in [0.1, 0.15) is 112 Å². The van der Waals surface area contributed by atoms with Gasteiger partial charge in [0, 0.05) is 41.2 Å². The van der Waals surface area contributed by atoms with Gasteiger partial charge in [0.1, 0.15) is 11.6 Å². The molecule has 1 aliphatic carbocycles. The third-order valence-corrected chi connectivity index (χ3v) is 8.91. The number of nitrogens with one attached hydrogen (secondary N) is 1. The molecule has 7 heteroatoms. The predicted molar refractivity (Wildman–Crippen MR) is 184 cm³/mol. The molecule has 1 saturated carbocycles. The third-order valence-electron chi connectivity index (χ3n) is 8.91. The number of aromatic nitrogens is 1. The van der Waals surface area contributed by atoms with Crippen LogP contribution in [0, 0.1) is 34.8 Å². The fourth-order valence-electron chi connectivity index (χ4n) is 6.14. The van der Waals surface area contributed by atoms with Crippen molar-refractivity contribution >= 4 is 12.2 Å². The fraction of sp³-hybridized carbons (Fsp3) is 0.425. The first-order chi connectivity index (χ1) is 22.9. The molecule has 1 aliphatic rings. The fourth-order valence-corrected chi connectivity index (χ4v) is 6.14. The van der Waals surface area contributed by atoms with Gasteiger partial charge in [-0.1, -0.05) is 69.2 Å². The monoisotopic (exact) mass is 640 g/mol. The summed E-state index contributed by atoms with van der Waals surface area (Å²) >= 11 is 0. The van der Waals surface area contributed by atoms with Crippen LogP contribution in [0.15, 0.2) is 61.3 Å². The summed E-state index contributed by atoms with van der Waals surface area (Å²) in [6.45, 7) is 6.35. The van der Waals surface area contributed by atoms with Crippen LogP contribution in [-0.2, 0) is 9.53 Å². The van der Waals surface area contributed by atoms with E-state index in [0.717, 1.165) is 56.1 Å². The number of pyridine rings is 1. The Morgan fingerprint density at radius 3 is 2.40 bits per heavy atom. The molecule has 5 nitrogen and oxygen atoms in total. The van der Waals surface area contributed by atoms with Crippen molar-refractivity contribution in [3.63, 3.8) is 0 Å². The first-order valence-electron chi connectivity index (χ1n) is 17.0. The zero-order valence-electron chi connectivity index (χ0n) is 27.5. The highest BCUT2D eigenvalue weighted by atomic mass is 19.1. The van der Waals surface area contributed by atoms with E-state index in [0.29, 0.717) is 41.4 Å². The normalized spacial score (nSPS) is 15.7. The minimum atomic E-state index is -0.549. The summed E-state index contributed by atoms with van der Waals surface area (Å²) in [5.74, 6) is 5.92. The van der Waals surface area contributed by atoms with Crippen molar-refractivity contribution in [2.24, 2.45) is 5.92 Å². The molecule has 0 unspecified atom stereocenters. The number of carbonyl (C=O) groups is 1. The number of esters is 1. The van der Waals surface area contributed by atoms with E-state index in [2.05, 4.69) is 30.3 Å². The highest BCUT2D eigenvalue weighted by Crippen LogP contribution is 2.39. The molecule has 4 rings (SSSR count). The summed E-state index contributed by atoms with van der Waals surface area (Å²) < 4.78 is 40.7. The quantitative estimate of drug-likeness (QED) is 0.0556. The van der Waals surface area contributed by atoms with Gasteiger partial charge in [0.2, 0.25) is 5.88 Å². The van der Waals surface area contributed by atoms with Gasteiger partial charge >= 0.3 is 5.97 Å². The number of hydrogen-bond donors (Lipinski definition) is 1. The van der Waals surface area contributed by atoms with E-state index < -0.39 is 11.8 Å². The lowest BCUT2D eigenvalue weighted by Gasteiger charge is -2.29. The van der Waals surface area contributed by atoms with Gasteiger partial charge in [-0.25, -0.2) is 18.6 Å². The zero-order valence-corrected chi connectivity index (χ0v) is 27.5. The molecule has 0 aliphatic heterocycles. The molecule has 248 valence electrons. The molecule has 0 saturated heterocycles. The Morgan fingerprint density at radius 1 is 0.936 bits per heavy atom. The van der Waals surface area contributed by atoms with Gasteiger partial charge in [-0.2, -0.15) is 0 Å². The molecular weight excluding hydrogens is 594 g/mol. The average Bonchev–Trinajstić information content (AvgIpc) is 3.09. The smallest absolute Gasteiger partial charge is 0.330 e. The second kappa shape index (κ2) is 18.7. The first-order valence-corrected chi connectivity index (χ1v) is 17.0. The lowest BCUT2D eigenvalue weighted by Crippen LogP contribution is -2.13. The number of nitrogens with zero attached hydrogens (tertiary/aromatic N) is 1. The molecule has 0 radical (unpaired) electrons. The van der Waals surface area contributed by atoms with E-state index in [1.54, 1.807) is 24.3 Å². The topological polar surface area (TPSA) is 72.3 Å². The molecule has 0 amide bonds. The van der Waals surface area contributed by atoms with Crippen LogP contribution in [0.3, 0.4) is 0 Å². The molecule has 47 heavy (non-hydrogen) atoms. The van der Waals surface area contributed by atoms with E-state index in [1.165, 1.54) is 57.0 Å². The van der Waals surface area contributed by atoms with Gasteiger partial charge in [-0.15, -0.1) is 0 Å². The second-order valence-electron chi connectivity index (χ2n) is 12.3. The summed E-state index contributed by atoms with van der Waals surface area (Å²) in [5.41, 5.74) is 3.40. The van der Waals surface area contributed by atoms with Crippen molar-refractivity contribution in [3.8, 4) is 28.8 Å². The molecule has 3 aromatic rings. The van der Waals surface area contributed by atoms with Crippen molar-refractivity contribution in [2.45, 2.75) is 89.9 Å². The van der Waals surface area contributed by atoms with Gasteiger partial charge < -0.3 is 14.9 Å². The van der Waals surface area contributed by atoms with Crippen LogP contribution in [0.5, 0.6) is 5.88 Å². The van der Waals surface area contributed by atoms with E-state index >= 15 is 4.39 Å². The maximum Gasteiger partial charge on any atom is 0.330 e. The number of benzene rings is 2. The zero-order chi connectivity index (χ0) is 33.4. The SMILES string of the molecule is C=CC(=O)OCCCCCCOc1cc(F)c(C#Cc2ccc(-c3ccc(C4CCC(CCCCC)CC4)cc3F)cc2C=N)cn1. The maximum atomic E-state index is 15.4. The Kier molecular flexibility index (Phi) is 14.2. The summed E-state index contributed by atoms with van der Waals surface area (Å²) in [5, 5.41) is 7.93. The van der Waals surface area contributed by atoms with Crippen LogP contribution in [0.2, 0.25) is 0 Å². The van der Waals surface area contributed by atoms with Gasteiger partial charge in [0.05, 0.1) is 18.8 Å². The third kappa shape index (κ3) is 10.9. The summed E-state index contributed by atoms with van der Waals surface area (Å²) in [6, 6.07) is 12.1. The molecule has 0 spiro atoms. The van der Waals surface area contributed by atoms with Gasteiger partial charge in [-0.05, 0) is 92.5 Å². The van der Waals surface area contributed by atoms with Crippen LogP contribution in [0.25, 0.3) is 11.1 Å². The van der Waals surface area contributed by atoms with Crippen molar-refractivity contribution in [1.29, 1.82) is 5.41 Å². The molecule has 2 aromatic carbocycles. The van der Waals surface area contributed by atoms with Crippen molar-refractivity contribution < 1.29 is 23.0 Å². The van der Waals surface area contributed by atoms with E-state index in [1.807, 2.05) is 12.1 Å². The molecule has 1 aromatic heterocycles. The number of ether oxygens (including phenoxy) is 2. The molecular formula is C40H46F2N2O3. The largest absolute Gasteiger partial charge is 0.478 e. The lowest BCUT2D eigenvalue weighted by atomic mass is 9.77. The van der Waals surface area contributed by atoms with Crippen LogP contribution < -0.4 is 4.74 Å². The Morgan fingerprint density at radius 2 is 1.70 bits per heavy atom. The molecule has 1 fully saturated rings. The number of carbonyl (C=O) groups excluding carboxylic acids is 1. The minimum absolute atomic E-state index is 0.114. The summed E-state index contributed by atoms with van der Waals surface area (Å²) in [4.78, 5) is 15.2. The first kappa shape index (κ1) is 35.5. The van der Waals surface area contributed by atoms with Crippen LogP contribution in [-0.4, -0.2) is 30.4 Å². The Hall–Kier alpha value is -4.31. The number of halogens is 2. The van der Waals surface area contributed by atoms with Crippen LogP contribution >= 0.6 is 0 Å². The highest BCUT2D eigenvalue weighted by molar-refractivity contribution is 5.84. The lowest BCUT2D eigenvalue weighted by molar-refractivity contribution is -0.137. The predicted octanol–water partition coefficient (Wildman–Crippen LogP) is 9.95. The molecule has 0 atom stereocenters. The Balaban J connectivity index is 1.31. The van der Waals surface area contributed by atoms with E-state index in [4.69, 9.17) is 14.9 Å².